The van der Waals surface area contributed by atoms with E-state index in [9.17, 15) is 0 Å². The van der Waals surface area contributed by atoms with E-state index in [1.54, 1.807) is 0 Å². The molecule has 2 rings (SSSR count). The summed E-state index contributed by atoms with van der Waals surface area (Å²) in [5.74, 6) is 0. The predicted octanol–water partition coefficient (Wildman–Crippen LogP) is 4.98. The summed E-state index contributed by atoms with van der Waals surface area (Å²) < 4.78 is 0. The molecule has 4 heteroatoms. The van der Waals surface area contributed by atoms with Crippen molar-refractivity contribution in [2.75, 3.05) is 6.54 Å². The number of nitrogens with one attached hydrogen (secondary N) is 1. The van der Waals surface area contributed by atoms with Gasteiger partial charge in [-0.2, -0.15) is 0 Å². The first-order valence-electron chi connectivity index (χ1n) is 7.20. The van der Waals surface area contributed by atoms with E-state index in [1.165, 1.54) is 11.1 Å². The second-order valence-corrected chi connectivity index (χ2v) is 6.00. The Labute approximate surface area is 136 Å². The third kappa shape index (κ3) is 4.70. The molecular weight excluding hydrogens is 303 g/mol. The Balaban J connectivity index is 2.21. The van der Waals surface area contributed by atoms with Crippen LogP contribution in [0.3, 0.4) is 0 Å². The molecule has 112 valence electrons. The van der Waals surface area contributed by atoms with Crippen molar-refractivity contribution in [3.05, 3.63) is 63.4 Å². The fourth-order valence-electron chi connectivity index (χ4n) is 2.31. The van der Waals surface area contributed by atoms with E-state index in [4.69, 9.17) is 23.2 Å². The molecule has 0 aliphatic heterocycles. The van der Waals surface area contributed by atoms with Crippen LogP contribution in [0.1, 0.15) is 36.2 Å². The number of aryl methyl sites for hydroxylation is 1. The number of halogens is 2. The summed E-state index contributed by atoms with van der Waals surface area (Å²) in [5.41, 5.74) is 3.46. The molecule has 2 nitrogen and oxygen atoms in total. The molecule has 0 bridgehead atoms. The zero-order valence-corrected chi connectivity index (χ0v) is 13.9. The van der Waals surface area contributed by atoms with Crippen LogP contribution in [0.25, 0.3) is 0 Å². The summed E-state index contributed by atoms with van der Waals surface area (Å²) in [6.45, 7) is 5.16. The summed E-state index contributed by atoms with van der Waals surface area (Å²) >= 11 is 12.1. The fraction of sp³-hybridized carbons (Fsp3) is 0.353. The van der Waals surface area contributed by atoms with Gasteiger partial charge >= 0.3 is 0 Å². The van der Waals surface area contributed by atoms with Gasteiger partial charge in [-0.05, 0) is 61.7 Å². The molecule has 1 aromatic heterocycles. The maximum absolute atomic E-state index is 6.11. The first-order chi connectivity index (χ1) is 10.1. The molecule has 0 amide bonds. The van der Waals surface area contributed by atoms with Crippen LogP contribution < -0.4 is 5.32 Å². The lowest BCUT2D eigenvalue weighted by Crippen LogP contribution is -2.24. The van der Waals surface area contributed by atoms with E-state index in [-0.39, 0.29) is 6.04 Å². The Morgan fingerprint density at radius 2 is 1.95 bits per heavy atom. The average Bonchev–Trinajstić information content (AvgIpc) is 2.47. The summed E-state index contributed by atoms with van der Waals surface area (Å²) in [7, 11) is 0. The van der Waals surface area contributed by atoms with Gasteiger partial charge in [0.2, 0.25) is 0 Å². The van der Waals surface area contributed by atoms with Gasteiger partial charge in [-0.1, -0.05) is 36.2 Å². The van der Waals surface area contributed by atoms with E-state index in [0.29, 0.717) is 10.0 Å². The lowest BCUT2D eigenvalue weighted by Gasteiger charge is -2.19. The maximum atomic E-state index is 6.11. The third-order valence-corrected chi connectivity index (χ3v) is 4.13. The molecular formula is C17H20Cl2N2. The van der Waals surface area contributed by atoms with Crippen LogP contribution in [0, 0.1) is 6.92 Å². The van der Waals surface area contributed by atoms with Gasteiger partial charge in [-0.25, -0.2) is 0 Å². The van der Waals surface area contributed by atoms with E-state index >= 15 is 0 Å². The van der Waals surface area contributed by atoms with Crippen LogP contribution >= 0.6 is 23.2 Å². The summed E-state index contributed by atoms with van der Waals surface area (Å²) in [5, 5.41) is 4.79. The molecule has 0 spiro atoms. The van der Waals surface area contributed by atoms with Crippen molar-refractivity contribution >= 4 is 23.2 Å². The van der Waals surface area contributed by atoms with Gasteiger partial charge in [-0.15, -0.1) is 0 Å². The highest BCUT2D eigenvalue weighted by atomic mass is 35.5. The van der Waals surface area contributed by atoms with Crippen molar-refractivity contribution in [3.63, 3.8) is 0 Å². The highest BCUT2D eigenvalue weighted by molar-refractivity contribution is 6.42. The second-order valence-electron chi connectivity index (χ2n) is 5.19. The maximum Gasteiger partial charge on any atom is 0.0595 e. The van der Waals surface area contributed by atoms with E-state index in [0.717, 1.165) is 25.1 Å². The molecule has 1 heterocycles. The van der Waals surface area contributed by atoms with Crippen molar-refractivity contribution in [2.45, 2.75) is 32.7 Å². The Bertz CT molecular complexity index is 599. The number of aromatic nitrogens is 1. The molecule has 0 aliphatic carbocycles. The van der Waals surface area contributed by atoms with Gasteiger partial charge in [0, 0.05) is 17.9 Å². The quantitative estimate of drug-likeness (QED) is 0.811. The second kappa shape index (κ2) is 7.79. The monoisotopic (exact) mass is 322 g/mol. The molecule has 2 aromatic rings. The largest absolute Gasteiger partial charge is 0.310 e. The molecule has 0 radical (unpaired) electrons. The number of nitrogens with zero attached hydrogens (tertiary/aromatic N) is 1. The topological polar surface area (TPSA) is 24.9 Å². The van der Waals surface area contributed by atoms with Crippen LogP contribution in [-0.4, -0.2) is 11.5 Å². The smallest absolute Gasteiger partial charge is 0.0595 e. The van der Waals surface area contributed by atoms with Crippen LogP contribution in [0.5, 0.6) is 0 Å². The van der Waals surface area contributed by atoms with Crippen molar-refractivity contribution in [2.24, 2.45) is 0 Å². The lowest BCUT2D eigenvalue weighted by molar-refractivity contribution is 0.528. The molecule has 0 aliphatic rings. The minimum Gasteiger partial charge on any atom is -0.310 e. The van der Waals surface area contributed by atoms with Gasteiger partial charge in [0.1, 0.15) is 0 Å². The van der Waals surface area contributed by atoms with Gasteiger partial charge in [-0.3, -0.25) is 4.98 Å². The Morgan fingerprint density at radius 3 is 2.62 bits per heavy atom. The molecule has 1 aromatic carbocycles. The van der Waals surface area contributed by atoms with Gasteiger partial charge in [0.25, 0.3) is 0 Å². The van der Waals surface area contributed by atoms with E-state index in [2.05, 4.69) is 29.4 Å². The van der Waals surface area contributed by atoms with E-state index < -0.39 is 0 Å². The molecule has 0 saturated carbocycles. The number of hydrogen-bond donors (Lipinski definition) is 1. The Morgan fingerprint density at radius 1 is 1.14 bits per heavy atom. The molecule has 21 heavy (non-hydrogen) atoms. The zero-order chi connectivity index (χ0) is 15.2. The van der Waals surface area contributed by atoms with Crippen LogP contribution in [0.2, 0.25) is 10.0 Å². The summed E-state index contributed by atoms with van der Waals surface area (Å²) in [4.78, 5) is 4.27. The van der Waals surface area contributed by atoms with Crippen LogP contribution in [0.15, 0.2) is 36.5 Å². The van der Waals surface area contributed by atoms with Crippen LogP contribution in [0.4, 0.5) is 0 Å². The highest BCUT2D eigenvalue weighted by Crippen LogP contribution is 2.26. The fourth-order valence-corrected chi connectivity index (χ4v) is 2.63. The molecule has 1 N–H and O–H groups in total. The van der Waals surface area contributed by atoms with E-state index in [1.807, 2.05) is 31.3 Å². The van der Waals surface area contributed by atoms with Crippen molar-refractivity contribution in [1.29, 1.82) is 0 Å². The van der Waals surface area contributed by atoms with Crippen molar-refractivity contribution in [1.82, 2.24) is 10.3 Å². The minimum absolute atomic E-state index is 0.254. The summed E-state index contributed by atoms with van der Waals surface area (Å²) in [6.07, 6.45) is 3.84. The summed E-state index contributed by atoms with van der Waals surface area (Å²) in [6, 6.07) is 10.3. The SMILES string of the molecule is CCCNC(Cc1ccc(Cl)c(Cl)c1)c1ccnc(C)c1. The third-order valence-electron chi connectivity index (χ3n) is 3.39. The predicted molar refractivity (Wildman–Crippen MR) is 90.2 cm³/mol. The Hall–Kier alpha value is -1.09. The highest BCUT2D eigenvalue weighted by Gasteiger charge is 2.13. The molecule has 0 saturated heterocycles. The number of rotatable bonds is 6. The van der Waals surface area contributed by atoms with Gasteiger partial charge in [0.05, 0.1) is 10.0 Å². The number of hydrogen-bond acceptors (Lipinski definition) is 2. The van der Waals surface area contributed by atoms with Crippen LogP contribution in [-0.2, 0) is 6.42 Å². The van der Waals surface area contributed by atoms with Crippen molar-refractivity contribution < 1.29 is 0 Å². The van der Waals surface area contributed by atoms with Crippen molar-refractivity contribution in [3.8, 4) is 0 Å². The zero-order valence-electron chi connectivity index (χ0n) is 12.4. The molecule has 1 atom stereocenters. The molecule has 1 unspecified atom stereocenters. The first kappa shape index (κ1) is 16.3. The minimum atomic E-state index is 0.254. The van der Waals surface area contributed by atoms with Gasteiger partial charge < -0.3 is 5.32 Å². The lowest BCUT2D eigenvalue weighted by atomic mass is 9.99. The molecule has 0 fully saturated rings. The average molecular weight is 323 g/mol. The number of pyridine rings is 1. The Kier molecular flexibility index (Phi) is 6.04. The standard InChI is InChI=1S/C17H20Cl2N2/c1-3-7-21-17(14-6-8-20-12(2)9-14)11-13-4-5-15(18)16(19)10-13/h4-6,8-10,17,21H,3,7,11H2,1-2H3. The number of benzene rings is 1. The first-order valence-corrected chi connectivity index (χ1v) is 7.95. The normalized spacial score (nSPS) is 12.4. The van der Waals surface area contributed by atoms with Gasteiger partial charge in [0.15, 0.2) is 0 Å².